The van der Waals surface area contributed by atoms with Crippen molar-refractivity contribution in [2.24, 2.45) is 11.8 Å². The van der Waals surface area contributed by atoms with Crippen molar-refractivity contribution in [3.63, 3.8) is 0 Å². The Morgan fingerprint density at radius 1 is 1.32 bits per heavy atom. The molecule has 0 aromatic heterocycles. The van der Waals surface area contributed by atoms with Crippen LogP contribution in [-0.4, -0.2) is 10.7 Å². The molecule has 1 aliphatic rings. The van der Waals surface area contributed by atoms with E-state index in [0.717, 1.165) is 12.8 Å². The molecule has 0 saturated heterocycles. The summed E-state index contributed by atoms with van der Waals surface area (Å²) in [4.78, 5) is 0. The monoisotopic (exact) mass is 268 g/mol. The van der Waals surface area contributed by atoms with E-state index in [9.17, 15) is 13.9 Å². The summed E-state index contributed by atoms with van der Waals surface area (Å²) in [7, 11) is 0. The molecule has 0 radical (unpaired) electrons. The Balaban J connectivity index is 2.17. The van der Waals surface area contributed by atoms with Crippen molar-refractivity contribution >= 4 is 0 Å². The molecule has 2 atom stereocenters. The molecule has 2 rings (SSSR count). The lowest BCUT2D eigenvalue weighted by atomic mass is 9.71. The third-order valence-corrected chi connectivity index (χ3v) is 4.37. The summed E-state index contributed by atoms with van der Waals surface area (Å²) in [5, 5.41) is 10.7. The number of aliphatic hydroxyl groups is 1. The molecule has 0 heterocycles. The first-order valence-electron chi connectivity index (χ1n) is 7.06. The molecule has 1 aromatic rings. The van der Waals surface area contributed by atoms with Crippen LogP contribution in [0.2, 0.25) is 0 Å². The molecule has 0 bridgehead atoms. The van der Waals surface area contributed by atoms with Crippen molar-refractivity contribution in [1.82, 2.24) is 0 Å². The van der Waals surface area contributed by atoms with Crippen LogP contribution in [0.5, 0.6) is 0 Å². The van der Waals surface area contributed by atoms with Gasteiger partial charge in [0.2, 0.25) is 0 Å². The molecule has 106 valence electrons. The Kier molecular flexibility index (Phi) is 4.24. The van der Waals surface area contributed by atoms with Gasteiger partial charge in [0.25, 0.3) is 0 Å². The standard InChI is InChI=1S/C16H22F2O/c1-11(2)12-5-4-8-16(19,9-12)10-13-14(17)6-3-7-15(13)18/h3,6-7,11-12,19H,4-5,8-10H2,1-2H3. The van der Waals surface area contributed by atoms with Gasteiger partial charge in [-0.25, -0.2) is 8.78 Å². The Morgan fingerprint density at radius 3 is 2.53 bits per heavy atom. The van der Waals surface area contributed by atoms with Crippen LogP contribution >= 0.6 is 0 Å². The van der Waals surface area contributed by atoms with Gasteiger partial charge in [-0.3, -0.25) is 0 Å². The van der Waals surface area contributed by atoms with Gasteiger partial charge >= 0.3 is 0 Å². The maximum Gasteiger partial charge on any atom is 0.129 e. The van der Waals surface area contributed by atoms with Crippen molar-refractivity contribution in [3.8, 4) is 0 Å². The molecular weight excluding hydrogens is 246 g/mol. The average molecular weight is 268 g/mol. The van der Waals surface area contributed by atoms with Crippen LogP contribution in [0.3, 0.4) is 0 Å². The van der Waals surface area contributed by atoms with Gasteiger partial charge in [0.05, 0.1) is 5.60 Å². The smallest absolute Gasteiger partial charge is 0.129 e. The van der Waals surface area contributed by atoms with Crippen molar-refractivity contribution in [2.75, 3.05) is 0 Å². The van der Waals surface area contributed by atoms with Crippen LogP contribution in [0.4, 0.5) is 8.78 Å². The molecule has 0 amide bonds. The molecule has 19 heavy (non-hydrogen) atoms. The van der Waals surface area contributed by atoms with Crippen LogP contribution in [0.1, 0.15) is 45.1 Å². The zero-order valence-electron chi connectivity index (χ0n) is 11.6. The Bertz CT molecular complexity index is 424. The fourth-order valence-electron chi connectivity index (χ4n) is 3.15. The number of hydrogen-bond acceptors (Lipinski definition) is 1. The second-order valence-corrected chi connectivity index (χ2v) is 6.20. The van der Waals surface area contributed by atoms with Gasteiger partial charge in [-0.05, 0) is 43.2 Å². The summed E-state index contributed by atoms with van der Waals surface area (Å²) in [6.45, 7) is 4.28. The van der Waals surface area contributed by atoms with E-state index in [0.29, 0.717) is 24.7 Å². The highest BCUT2D eigenvalue weighted by Crippen LogP contribution is 2.38. The maximum absolute atomic E-state index is 13.7. The summed E-state index contributed by atoms with van der Waals surface area (Å²) < 4.78 is 27.4. The topological polar surface area (TPSA) is 20.2 Å². The Hall–Kier alpha value is -0.960. The molecule has 0 aliphatic heterocycles. The Morgan fingerprint density at radius 2 is 1.95 bits per heavy atom. The molecule has 1 nitrogen and oxygen atoms in total. The largest absolute Gasteiger partial charge is 0.390 e. The van der Waals surface area contributed by atoms with Crippen LogP contribution < -0.4 is 0 Å². The lowest BCUT2D eigenvalue weighted by Gasteiger charge is -2.38. The van der Waals surface area contributed by atoms with E-state index in [1.54, 1.807) is 0 Å². The van der Waals surface area contributed by atoms with Crippen LogP contribution in [0.25, 0.3) is 0 Å². The van der Waals surface area contributed by atoms with Crippen LogP contribution in [-0.2, 0) is 6.42 Å². The highest BCUT2D eigenvalue weighted by atomic mass is 19.1. The van der Waals surface area contributed by atoms with Crippen molar-refractivity contribution in [2.45, 2.75) is 51.6 Å². The molecule has 2 unspecified atom stereocenters. The number of rotatable bonds is 3. The lowest BCUT2D eigenvalue weighted by Crippen LogP contribution is -2.39. The highest BCUT2D eigenvalue weighted by molar-refractivity contribution is 5.22. The van der Waals surface area contributed by atoms with Gasteiger partial charge in [0.1, 0.15) is 11.6 Å². The van der Waals surface area contributed by atoms with Crippen molar-refractivity contribution in [1.29, 1.82) is 0 Å². The van der Waals surface area contributed by atoms with Gasteiger partial charge in [-0.1, -0.05) is 26.3 Å². The van der Waals surface area contributed by atoms with Gasteiger partial charge in [-0.2, -0.15) is 0 Å². The van der Waals surface area contributed by atoms with E-state index in [1.165, 1.54) is 18.2 Å². The second-order valence-electron chi connectivity index (χ2n) is 6.20. The zero-order chi connectivity index (χ0) is 14.0. The minimum atomic E-state index is -0.962. The number of halogens is 2. The number of hydrogen-bond donors (Lipinski definition) is 1. The van der Waals surface area contributed by atoms with Gasteiger partial charge in [0, 0.05) is 12.0 Å². The SMILES string of the molecule is CC(C)C1CCCC(O)(Cc2c(F)cccc2F)C1. The first-order valence-corrected chi connectivity index (χ1v) is 7.06. The molecule has 1 fully saturated rings. The zero-order valence-corrected chi connectivity index (χ0v) is 11.6. The summed E-state index contributed by atoms with van der Waals surface area (Å²) in [6, 6.07) is 3.87. The quantitative estimate of drug-likeness (QED) is 0.875. The second kappa shape index (κ2) is 5.58. The molecule has 0 spiro atoms. The van der Waals surface area contributed by atoms with E-state index >= 15 is 0 Å². The molecular formula is C16H22F2O. The molecule has 1 aliphatic carbocycles. The predicted octanol–water partition coefficient (Wildman–Crippen LogP) is 4.08. The first kappa shape index (κ1) is 14.4. The third-order valence-electron chi connectivity index (χ3n) is 4.37. The molecule has 1 aromatic carbocycles. The van der Waals surface area contributed by atoms with E-state index in [2.05, 4.69) is 13.8 Å². The van der Waals surface area contributed by atoms with Gasteiger partial charge in [0.15, 0.2) is 0 Å². The van der Waals surface area contributed by atoms with Crippen LogP contribution in [0.15, 0.2) is 18.2 Å². The van der Waals surface area contributed by atoms with E-state index in [-0.39, 0.29) is 12.0 Å². The van der Waals surface area contributed by atoms with Crippen LogP contribution in [0, 0.1) is 23.5 Å². The fraction of sp³-hybridized carbons (Fsp3) is 0.625. The van der Waals surface area contributed by atoms with E-state index in [1.807, 2.05) is 0 Å². The van der Waals surface area contributed by atoms with E-state index < -0.39 is 17.2 Å². The predicted molar refractivity (Wildman–Crippen MR) is 71.8 cm³/mol. The summed E-state index contributed by atoms with van der Waals surface area (Å²) >= 11 is 0. The van der Waals surface area contributed by atoms with Gasteiger partial charge in [-0.15, -0.1) is 0 Å². The maximum atomic E-state index is 13.7. The first-order chi connectivity index (χ1) is 8.91. The summed E-state index contributed by atoms with van der Waals surface area (Å²) in [6.07, 6.45) is 3.37. The Labute approximate surface area is 113 Å². The van der Waals surface area contributed by atoms with Crippen molar-refractivity contribution in [3.05, 3.63) is 35.4 Å². The highest BCUT2D eigenvalue weighted by Gasteiger charge is 2.36. The fourth-order valence-corrected chi connectivity index (χ4v) is 3.15. The van der Waals surface area contributed by atoms with Crippen molar-refractivity contribution < 1.29 is 13.9 Å². The minimum Gasteiger partial charge on any atom is -0.390 e. The molecule has 1 N–H and O–H groups in total. The van der Waals surface area contributed by atoms with Gasteiger partial charge < -0.3 is 5.11 Å². The number of benzene rings is 1. The average Bonchev–Trinajstić information content (AvgIpc) is 2.34. The lowest BCUT2D eigenvalue weighted by molar-refractivity contribution is -0.0251. The normalized spacial score (nSPS) is 27.8. The third kappa shape index (κ3) is 3.33. The summed E-state index contributed by atoms with van der Waals surface area (Å²) in [5.74, 6) is -0.175. The van der Waals surface area contributed by atoms with E-state index in [4.69, 9.17) is 0 Å². The molecule has 1 saturated carbocycles. The summed E-state index contributed by atoms with van der Waals surface area (Å²) in [5.41, 5.74) is -0.939. The molecule has 3 heteroatoms. The minimum absolute atomic E-state index is 0.0226.